The van der Waals surface area contributed by atoms with Gasteiger partial charge in [0.25, 0.3) is 0 Å². The first-order valence-corrected chi connectivity index (χ1v) is 6.22. The first-order valence-electron chi connectivity index (χ1n) is 6.22. The fraction of sp³-hybridized carbons (Fsp3) is 0.385. The first-order chi connectivity index (χ1) is 9.77. The van der Waals surface area contributed by atoms with E-state index in [1.54, 1.807) is 0 Å². The maximum absolute atomic E-state index is 13.0. The van der Waals surface area contributed by atoms with Crippen LogP contribution in [0.4, 0.5) is 23.6 Å². The summed E-state index contributed by atoms with van der Waals surface area (Å²) in [6.07, 6.45) is -4.70. The molecule has 0 unspecified atom stereocenters. The highest BCUT2D eigenvalue weighted by Gasteiger charge is 2.35. The van der Waals surface area contributed by atoms with Crippen molar-refractivity contribution >= 4 is 6.01 Å². The van der Waals surface area contributed by atoms with Gasteiger partial charge in [-0.05, 0) is 24.1 Å². The second-order valence-electron chi connectivity index (χ2n) is 4.89. The van der Waals surface area contributed by atoms with Gasteiger partial charge >= 0.3 is 12.2 Å². The molecular formula is C13H13F4N3O. The quantitative estimate of drug-likeness (QED) is 0.869. The van der Waals surface area contributed by atoms with Crippen LogP contribution in [0.5, 0.6) is 0 Å². The monoisotopic (exact) mass is 303 g/mol. The number of anilines is 1. The Kier molecular flexibility index (Phi) is 4.15. The lowest BCUT2D eigenvalue weighted by Gasteiger charge is -2.10. The maximum Gasteiger partial charge on any atom is 0.417 e. The van der Waals surface area contributed by atoms with Gasteiger partial charge in [0.1, 0.15) is 5.82 Å². The Morgan fingerprint density at radius 3 is 2.62 bits per heavy atom. The van der Waals surface area contributed by atoms with Gasteiger partial charge in [-0.1, -0.05) is 19.0 Å². The van der Waals surface area contributed by atoms with Gasteiger partial charge in [0, 0.05) is 12.1 Å². The number of benzene rings is 1. The maximum atomic E-state index is 13.0. The Labute approximate surface area is 118 Å². The Morgan fingerprint density at radius 2 is 2.00 bits per heavy atom. The molecule has 4 nitrogen and oxygen atoms in total. The Balaban J connectivity index is 2.34. The minimum Gasteiger partial charge on any atom is -0.337 e. The third-order valence-electron chi connectivity index (χ3n) is 2.62. The lowest BCUT2D eigenvalue weighted by atomic mass is 10.1. The smallest absolute Gasteiger partial charge is 0.337 e. The van der Waals surface area contributed by atoms with E-state index in [1.165, 1.54) is 0 Å². The topological polar surface area (TPSA) is 51.0 Å². The van der Waals surface area contributed by atoms with Crippen LogP contribution in [0.3, 0.4) is 0 Å². The molecule has 0 saturated heterocycles. The lowest BCUT2D eigenvalue weighted by Crippen LogP contribution is -2.09. The molecule has 114 valence electrons. The molecule has 2 rings (SSSR count). The van der Waals surface area contributed by atoms with Crippen LogP contribution in [0.15, 0.2) is 22.7 Å². The van der Waals surface area contributed by atoms with E-state index >= 15 is 0 Å². The first kappa shape index (κ1) is 15.3. The molecule has 21 heavy (non-hydrogen) atoms. The van der Waals surface area contributed by atoms with Crippen molar-refractivity contribution in [2.24, 2.45) is 5.92 Å². The summed E-state index contributed by atoms with van der Waals surface area (Å²) in [6, 6.07) is 2.33. The van der Waals surface area contributed by atoms with E-state index in [0.29, 0.717) is 18.5 Å². The van der Waals surface area contributed by atoms with Gasteiger partial charge < -0.3 is 9.84 Å². The van der Waals surface area contributed by atoms with Crippen LogP contribution in [0, 0.1) is 11.7 Å². The van der Waals surface area contributed by atoms with Crippen LogP contribution in [0.2, 0.25) is 0 Å². The fourth-order valence-corrected chi connectivity index (χ4v) is 1.64. The third kappa shape index (κ3) is 3.71. The largest absolute Gasteiger partial charge is 0.417 e. The summed E-state index contributed by atoms with van der Waals surface area (Å²) >= 11 is 0. The molecule has 0 aliphatic rings. The molecule has 8 heteroatoms. The summed E-state index contributed by atoms with van der Waals surface area (Å²) in [4.78, 5) is 3.84. The van der Waals surface area contributed by atoms with Crippen LogP contribution in [-0.4, -0.2) is 16.7 Å². The average Bonchev–Trinajstić information content (AvgIpc) is 2.84. The van der Waals surface area contributed by atoms with E-state index < -0.39 is 17.6 Å². The van der Waals surface area contributed by atoms with Crippen molar-refractivity contribution in [3.05, 3.63) is 29.6 Å². The number of rotatable bonds is 4. The number of nitrogens with zero attached hydrogens (tertiary/aromatic N) is 2. The molecule has 0 spiro atoms. The average molecular weight is 303 g/mol. The predicted molar refractivity (Wildman–Crippen MR) is 68.0 cm³/mol. The number of nitrogens with one attached hydrogen (secondary N) is 1. The highest BCUT2D eigenvalue weighted by Crippen LogP contribution is 2.36. The van der Waals surface area contributed by atoms with E-state index in [0.717, 1.165) is 12.1 Å². The number of halogens is 4. The summed E-state index contributed by atoms with van der Waals surface area (Å²) in [5.74, 6) is -0.918. The molecule has 1 aromatic carbocycles. The molecule has 0 bridgehead atoms. The summed E-state index contributed by atoms with van der Waals surface area (Å²) in [7, 11) is 0. The standard InChI is InChI=1S/C13H13F4N3O/c1-7(2)6-18-12-19-11(20-21-12)9-4-3-8(14)5-10(9)13(15,16)17/h3-5,7H,6H2,1-2H3,(H,18,19,20). The highest BCUT2D eigenvalue weighted by atomic mass is 19.4. The molecule has 0 amide bonds. The van der Waals surface area contributed by atoms with Gasteiger partial charge in [-0.15, -0.1) is 0 Å². The van der Waals surface area contributed by atoms with E-state index in [-0.39, 0.29) is 17.4 Å². The van der Waals surface area contributed by atoms with E-state index in [9.17, 15) is 17.6 Å². The minimum absolute atomic E-state index is 0.0242. The van der Waals surface area contributed by atoms with Crippen molar-refractivity contribution in [1.29, 1.82) is 0 Å². The Hall–Kier alpha value is -2.12. The van der Waals surface area contributed by atoms with Crippen molar-refractivity contribution in [3.8, 4) is 11.4 Å². The van der Waals surface area contributed by atoms with Crippen molar-refractivity contribution in [3.63, 3.8) is 0 Å². The molecule has 0 aliphatic heterocycles. The van der Waals surface area contributed by atoms with Crippen LogP contribution < -0.4 is 5.32 Å². The SMILES string of the molecule is CC(C)CNc1nc(-c2ccc(F)cc2C(F)(F)F)no1. The van der Waals surface area contributed by atoms with Crippen LogP contribution >= 0.6 is 0 Å². The molecule has 1 aromatic heterocycles. The summed E-state index contributed by atoms with van der Waals surface area (Å²) in [6.45, 7) is 4.44. The van der Waals surface area contributed by atoms with Crippen LogP contribution in [-0.2, 0) is 6.18 Å². The van der Waals surface area contributed by atoms with E-state index in [2.05, 4.69) is 15.5 Å². The zero-order chi connectivity index (χ0) is 15.6. The van der Waals surface area contributed by atoms with Crippen LogP contribution in [0.25, 0.3) is 11.4 Å². The number of aromatic nitrogens is 2. The number of alkyl halides is 3. The van der Waals surface area contributed by atoms with E-state index in [1.807, 2.05) is 13.8 Å². The molecule has 0 saturated carbocycles. The summed E-state index contributed by atoms with van der Waals surface area (Å²) < 4.78 is 56.6. The zero-order valence-corrected chi connectivity index (χ0v) is 11.3. The number of hydrogen-bond donors (Lipinski definition) is 1. The predicted octanol–water partition coefficient (Wildman–Crippen LogP) is 3.96. The van der Waals surface area contributed by atoms with Gasteiger partial charge in [0.15, 0.2) is 0 Å². The van der Waals surface area contributed by atoms with Crippen molar-refractivity contribution < 1.29 is 22.1 Å². The normalized spacial score (nSPS) is 12.0. The molecule has 0 radical (unpaired) electrons. The molecule has 1 N–H and O–H groups in total. The zero-order valence-electron chi connectivity index (χ0n) is 11.3. The van der Waals surface area contributed by atoms with E-state index in [4.69, 9.17) is 4.52 Å². The van der Waals surface area contributed by atoms with Crippen molar-refractivity contribution in [2.75, 3.05) is 11.9 Å². The van der Waals surface area contributed by atoms with Crippen LogP contribution in [0.1, 0.15) is 19.4 Å². The van der Waals surface area contributed by atoms with Crippen molar-refractivity contribution in [2.45, 2.75) is 20.0 Å². The molecule has 2 aromatic rings. The minimum atomic E-state index is -4.70. The second kappa shape index (κ2) is 5.71. The van der Waals surface area contributed by atoms with Crippen molar-refractivity contribution in [1.82, 2.24) is 10.1 Å². The van der Waals surface area contributed by atoms with Gasteiger partial charge in [-0.25, -0.2) is 4.39 Å². The van der Waals surface area contributed by atoms with Gasteiger partial charge in [-0.3, -0.25) is 0 Å². The molecule has 1 heterocycles. The molecular weight excluding hydrogens is 290 g/mol. The third-order valence-corrected chi connectivity index (χ3v) is 2.62. The van der Waals surface area contributed by atoms with Gasteiger partial charge in [0.2, 0.25) is 5.82 Å². The summed E-state index contributed by atoms with van der Waals surface area (Å²) in [5.41, 5.74) is -1.47. The second-order valence-corrected chi connectivity index (χ2v) is 4.89. The Bertz CT molecular complexity index is 622. The highest BCUT2D eigenvalue weighted by molar-refractivity contribution is 5.61. The molecule has 0 fully saturated rings. The number of hydrogen-bond acceptors (Lipinski definition) is 4. The Morgan fingerprint density at radius 1 is 1.29 bits per heavy atom. The molecule has 0 atom stereocenters. The lowest BCUT2D eigenvalue weighted by molar-refractivity contribution is -0.137. The van der Waals surface area contributed by atoms with Gasteiger partial charge in [0.05, 0.1) is 5.56 Å². The van der Waals surface area contributed by atoms with Gasteiger partial charge in [-0.2, -0.15) is 18.2 Å². The summed E-state index contributed by atoms with van der Waals surface area (Å²) in [5, 5.41) is 6.31. The molecule has 0 aliphatic carbocycles. The fourth-order valence-electron chi connectivity index (χ4n) is 1.64.